The molecule has 0 bridgehead atoms. The van der Waals surface area contributed by atoms with Crippen molar-refractivity contribution < 1.29 is 17.9 Å². The molecule has 7 heteroatoms. The Bertz CT molecular complexity index is 951. The number of hydrogen-bond donors (Lipinski definition) is 1. The Morgan fingerprint density at radius 1 is 1.00 bits per heavy atom. The number of carbonyl (C=O) groups is 1. The normalized spacial score (nSPS) is 11.5. The molecule has 1 N–H and O–H groups in total. The van der Waals surface area contributed by atoms with Gasteiger partial charge in [-0.3, -0.25) is 4.79 Å². The molecule has 0 saturated heterocycles. The summed E-state index contributed by atoms with van der Waals surface area (Å²) in [6.07, 6.45) is 0. The van der Waals surface area contributed by atoms with Gasteiger partial charge in [0.1, 0.15) is 5.75 Å². The third-order valence-corrected chi connectivity index (χ3v) is 6.68. The summed E-state index contributed by atoms with van der Waals surface area (Å²) in [5.74, 6) is 0.296. The number of carbonyl (C=O) groups excluding carboxylic acids is 1. The van der Waals surface area contributed by atoms with Crippen molar-refractivity contribution in [3.8, 4) is 5.75 Å². The van der Waals surface area contributed by atoms with Gasteiger partial charge in [-0.2, -0.15) is 4.31 Å². The van der Waals surface area contributed by atoms with Crippen LogP contribution in [0.3, 0.4) is 0 Å². The summed E-state index contributed by atoms with van der Waals surface area (Å²) in [5, 5.41) is 2.71. The maximum Gasteiger partial charge on any atom is 0.262 e. The van der Waals surface area contributed by atoms with E-state index in [9.17, 15) is 13.2 Å². The molecule has 2 rings (SSSR count). The van der Waals surface area contributed by atoms with Crippen molar-refractivity contribution in [1.29, 1.82) is 0 Å². The van der Waals surface area contributed by atoms with Gasteiger partial charge in [-0.25, -0.2) is 8.42 Å². The molecule has 0 fully saturated rings. The highest BCUT2D eigenvalue weighted by molar-refractivity contribution is 7.89. The fourth-order valence-electron chi connectivity index (χ4n) is 2.96. The average molecular weight is 405 g/mol. The molecule has 0 aromatic heterocycles. The van der Waals surface area contributed by atoms with E-state index >= 15 is 0 Å². The number of sulfonamides is 1. The van der Waals surface area contributed by atoms with Crippen molar-refractivity contribution in [3.05, 3.63) is 53.1 Å². The monoisotopic (exact) mass is 404 g/mol. The van der Waals surface area contributed by atoms with Crippen LogP contribution in [0.2, 0.25) is 0 Å². The van der Waals surface area contributed by atoms with Crippen molar-refractivity contribution in [2.75, 3.05) is 25.0 Å². The summed E-state index contributed by atoms with van der Waals surface area (Å²) in [7, 11) is -3.60. The van der Waals surface area contributed by atoms with Gasteiger partial charge >= 0.3 is 0 Å². The van der Waals surface area contributed by atoms with Crippen molar-refractivity contribution in [1.82, 2.24) is 4.31 Å². The Labute approximate surface area is 167 Å². The fourth-order valence-corrected chi connectivity index (χ4v) is 4.67. The lowest BCUT2D eigenvalue weighted by Crippen LogP contribution is -2.31. The highest BCUT2D eigenvalue weighted by Crippen LogP contribution is 2.24. The fraction of sp³-hybridized carbons (Fsp3) is 0.381. The molecule has 0 atom stereocenters. The van der Waals surface area contributed by atoms with Crippen LogP contribution in [0.4, 0.5) is 5.69 Å². The first-order valence-electron chi connectivity index (χ1n) is 9.29. The van der Waals surface area contributed by atoms with Gasteiger partial charge in [0, 0.05) is 18.8 Å². The minimum atomic E-state index is -3.60. The molecule has 2 aromatic rings. The van der Waals surface area contributed by atoms with E-state index in [-0.39, 0.29) is 17.4 Å². The Hall–Kier alpha value is -2.38. The quantitative estimate of drug-likeness (QED) is 0.728. The Morgan fingerprint density at radius 2 is 1.68 bits per heavy atom. The van der Waals surface area contributed by atoms with Crippen LogP contribution in [-0.2, 0) is 14.8 Å². The van der Waals surface area contributed by atoms with Crippen LogP contribution in [-0.4, -0.2) is 38.3 Å². The summed E-state index contributed by atoms with van der Waals surface area (Å²) in [6.45, 7) is 9.87. The number of anilines is 1. The number of benzene rings is 2. The molecule has 0 saturated carbocycles. The third-order valence-electron chi connectivity index (χ3n) is 4.48. The molecule has 28 heavy (non-hydrogen) atoms. The molecule has 0 spiro atoms. The van der Waals surface area contributed by atoms with Gasteiger partial charge in [-0.1, -0.05) is 37.6 Å². The number of ether oxygens (including phenoxy) is 1. The van der Waals surface area contributed by atoms with Gasteiger partial charge < -0.3 is 10.1 Å². The van der Waals surface area contributed by atoms with E-state index in [2.05, 4.69) is 5.32 Å². The zero-order valence-electron chi connectivity index (χ0n) is 17.1. The van der Waals surface area contributed by atoms with Crippen LogP contribution in [0.5, 0.6) is 5.75 Å². The molecular formula is C21H28N2O4S. The number of nitrogens with zero attached hydrogens (tertiary/aromatic N) is 1. The van der Waals surface area contributed by atoms with Crippen LogP contribution in [0.1, 0.15) is 30.5 Å². The van der Waals surface area contributed by atoms with Crippen molar-refractivity contribution in [2.45, 2.75) is 39.5 Å². The number of amides is 1. The zero-order chi connectivity index (χ0) is 20.9. The largest absolute Gasteiger partial charge is 0.483 e. The number of nitrogens with one attached hydrogen (secondary N) is 1. The lowest BCUT2D eigenvalue weighted by Gasteiger charge is -2.20. The van der Waals surface area contributed by atoms with Gasteiger partial charge in [0.25, 0.3) is 5.91 Å². The lowest BCUT2D eigenvalue weighted by atomic mass is 10.1. The van der Waals surface area contributed by atoms with Crippen molar-refractivity contribution >= 4 is 21.6 Å². The minimum Gasteiger partial charge on any atom is -0.483 e. The molecule has 2 aromatic carbocycles. The second-order valence-corrected chi connectivity index (χ2v) is 8.58. The molecule has 0 aliphatic carbocycles. The van der Waals surface area contributed by atoms with Gasteiger partial charge in [0.05, 0.1) is 4.90 Å². The Balaban J connectivity index is 2.13. The predicted molar refractivity (Wildman–Crippen MR) is 111 cm³/mol. The number of aryl methyl sites for hydroxylation is 3. The second-order valence-electron chi connectivity index (χ2n) is 6.68. The number of hydrogen-bond acceptors (Lipinski definition) is 4. The smallest absolute Gasteiger partial charge is 0.262 e. The van der Waals surface area contributed by atoms with Gasteiger partial charge in [-0.05, 0) is 50.1 Å². The van der Waals surface area contributed by atoms with Crippen LogP contribution in [0.15, 0.2) is 41.3 Å². The van der Waals surface area contributed by atoms with Gasteiger partial charge in [-0.15, -0.1) is 0 Å². The SMILES string of the molecule is CCN(CC)S(=O)(=O)c1cc(NC(=O)COc2ccc(C)cc2C)ccc1C. The van der Waals surface area contributed by atoms with Crippen LogP contribution in [0.25, 0.3) is 0 Å². The standard InChI is InChI=1S/C21H28N2O4S/c1-6-23(7-2)28(25,26)20-13-18(10-9-16(20)4)22-21(24)14-27-19-11-8-15(3)12-17(19)5/h8-13H,6-7,14H2,1-5H3,(H,22,24). The summed E-state index contributed by atoms with van der Waals surface area (Å²) in [5.41, 5.74) is 3.13. The Kier molecular flexibility index (Phi) is 7.21. The summed E-state index contributed by atoms with van der Waals surface area (Å²) < 4.78 is 32.6. The summed E-state index contributed by atoms with van der Waals surface area (Å²) >= 11 is 0. The molecule has 6 nitrogen and oxygen atoms in total. The van der Waals surface area contributed by atoms with Crippen molar-refractivity contribution in [2.24, 2.45) is 0 Å². The molecular weight excluding hydrogens is 376 g/mol. The molecule has 0 radical (unpaired) electrons. The Morgan fingerprint density at radius 3 is 2.29 bits per heavy atom. The topological polar surface area (TPSA) is 75.7 Å². The average Bonchev–Trinajstić information content (AvgIpc) is 2.63. The van der Waals surface area contributed by atoms with E-state index in [1.807, 2.05) is 32.0 Å². The lowest BCUT2D eigenvalue weighted by molar-refractivity contribution is -0.118. The van der Waals surface area contributed by atoms with E-state index in [0.29, 0.717) is 30.1 Å². The summed E-state index contributed by atoms with van der Waals surface area (Å²) in [6, 6.07) is 10.6. The maximum absolute atomic E-state index is 12.8. The molecule has 0 aliphatic heterocycles. The van der Waals surface area contributed by atoms with Crippen LogP contribution < -0.4 is 10.1 Å². The number of rotatable bonds is 8. The molecule has 0 unspecified atom stereocenters. The maximum atomic E-state index is 12.8. The second kappa shape index (κ2) is 9.21. The van der Waals surface area contributed by atoms with E-state index in [1.54, 1.807) is 32.9 Å². The molecule has 1 amide bonds. The molecule has 152 valence electrons. The first kappa shape index (κ1) is 21.9. The predicted octanol–water partition coefficient (Wildman–Crippen LogP) is 3.66. The third kappa shape index (κ3) is 5.11. The van der Waals surface area contributed by atoms with Gasteiger partial charge in [0.15, 0.2) is 6.61 Å². The highest BCUT2D eigenvalue weighted by atomic mass is 32.2. The van der Waals surface area contributed by atoms with E-state index in [1.165, 1.54) is 10.4 Å². The van der Waals surface area contributed by atoms with Gasteiger partial charge in [0.2, 0.25) is 10.0 Å². The van der Waals surface area contributed by atoms with Crippen LogP contribution in [0, 0.1) is 20.8 Å². The highest BCUT2D eigenvalue weighted by Gasteiger charge is 2.24. The van der Waals surface area contributed by atoms with Crippen LogP contribution >= 0.6 is 0 Å². The first-order valence-corrected chi connectivity index (χ1v) is 10.7. The van der Waals surface area contributed by atoms with Crippen molar-refractivity contribution in [3.63, 3.8) is 0 Å². The van der Waals surface area contributed by atoms with E-state index < -0.39 is 10.0 Å². The molecule has 0 aliphatic rings. The summed E-state index contributed by atoms with van der Waals surface area (Å²) in [4.78, 5) is 12.5. The zero-order valence-corrected chi connectivity index (χ0v) is 17.9. The molecule has 0 heterocycles. The van der Waals surface area contributed by atoms with E-state index in [4.69, 9.17) is 4.74 Å². The van der Waals surface area contributed by atoms with E-state index in [0.717, 1.165) is 11.1 Å². The first-order chi connectivity index (χ1) is 13.2. The minimum absolute atomic E-state index is 0.157.